The fourth-order valence-electron chi connectivity index (χ4n) is 1.40. The molecule has 1 aromatic carbocycles. The van der Waals surface area contributed by atoms with E-state index in [2.05, 4.69) is 53.7 Å². The van der Waals surface area contributed by atoms with Crippen LogP contribution in [0.2, 0.25) is 0 Å². The number of carbonyl (C=O) groups is 5. The molecule has 44 heavy (non-hydrogen) atoms. The van der Waals surface area contributed by atoms with E-state index in [1.165, 1.54) is 25.7 Å². The fraction of sp³-hybridized carbons (Fsp3) is 0.303. The van der Waals surface area contributed by atoms with Gasteiger partial charge < -0.3 is 29.5 Å². The number of carboxylic acid groups (broad SMARTS) is 2. The third kappa shape index (κ3) is 46.8. The van der Waals surface area contributed by atoms with Gasteiger partial charge in [-0.1, -0.05) is 89.2 Å². The molecule has 0 aliphatic rings. The molecule has 0 heterocycles. The molecule has 0 fully saturated rings. The zero-order chi connectivity index (χ0) is 35.5. The third-order valence-corrected chi connectivity index (χ3v) is 3.69. The lowest BCUT2D eigenvalue weighted by molar-refractivity contribution is -0.140. The van der Waals surface area contributed by atoms with Crippen LogP contribution in [0.5, 0.6) is 0 Å². The average Bonchev–Trinajstić information content (AvgIpc) is 3.01. The summed E-state index contributed by atoms with van der Waals surface area (Å²) in [5.74, 6) is -3.05. The maximum absolute atomic E-state index is 10.5. The van der Waals surface area contributed by atoms with Gasteiger partial charge >= 0.3 is 29.8 Å². The lowest BCUT2D eigenvalue weighted by atomic mass is 10.2. The molecule has 1 aromatic rings. The highest BCUT2D eigenvalue weighted by molar-refractivity contribution is 5.87. The molecule has 0 amide bonds. The van der Waals surface area contributed by atoms with Gasteiger partial charge in [0.05, 0.1) is 20.3 Å². The lowest BCUT2D eigenvalue weighted by Gasteiger charge is -1.99. The predicted octanol–water partition coefficient (Wildman–Crippen LogP) is 5.58. The van der Waals surface area contributed by atoms with Gasteiger partial charge in [-0.2, -0.15) is 0 Å². The summed E-state index contributed by atoms with van der Waals surface area (Å²) in [5.41, 5.74) is 2.13. The minimum Gasteiger partial charge on any atom is -0.478 e. The van der Waals surface area contributed by atoms with Crippen molar-refractivity contribution in [2.24, 2.45) is 0 Å². The number of benzene rings is 1. The lowest BCUT2D eigenvalue weighted by Crippen LogP contribution is -2.08. The SMILES string of the molecule is C=C(C)C(=O)O.C=C(C)C(=O)OC.C=C(C)C(=O)OCCO.C=CC(=O)O.C=CC(=O)OCCCC.C=Cc1ccccc1. The van der Waals surface area contributed by atoms with Crippen molar-refractivity contribution in [2.75, 3.05) is 26.9 Å². The minimum absolute atomic E-state index is 0.0473. The summed E-state index contributed by atoms with van der Waals surface area (Å²) < 4.78 is 13.4. The van der Waals surface area contributed by atoms with Crippen LogP contribution < -0.4 is 0 Å². The Bertz CT molecular complexity index is 1030. The highest BCUT2D eigenvalue weighted by Crippen LogP contribution is 1.97. The molecule has 3 N–H and O–H groups in total. The quantitative estimate of drug-likeness (QED) is 0.122. The Morgan fingerprint density at radius 2 is 1.23 bits per heavy atom. The Labute approximate surface area is 261 Å². The molecule has 0 unspecified atom stereocenters. The van der Waals surface area contributed by atoms with Gasteiger partial charge in [0.15, 0.2) is 0 Å². The van der Waals surface area contributed by atoms with E-state index in [9.17, 15) is 24.0 Å². The van der Waals surface area contributed by atoms with E-state index in [0.29, 0.717) is 17.8 Å². The van der Waals surface area contributed by atoms with Crippen molar-refractivity contribution < 1.29 is 53.5 Å². The Morgan fingerprint density at radius 1 is 0.773 bits per heavy atom. The molecule has 0 aromatic heterocycles. The smallest absolute Gasteiger partial charge is 0.333 e. The van der Waals surface area contributed by atoms with E-state index in [4.69, 9.17) is 15.3 Å². The third-order valence-electron chi connectivity index (χ3n) is 3.69. The molecular weight excluding hydrogens is 572 g/mol. The molecule has 0 aliphatic heterocycles. The molecule has 1 rings (SSSR count). The number of hydrogen-bond donors (Lipinski definition) is 3. The number of carboxylic acids is 2. The van der Waals surface area contributed by atoms with Gasteiger partial charge in [0.1, 0.15) is 6.61 Å². The average molecular weight is 621 g/mol. The van der Waals surface area contributed by atoms with Crippen LogP contribution in [-0.4, -0.2) is 72.1 Å². The van der Waals surface area contributed by atoms with Crippen molar-refractivity contribution in [1.82, 2.24) is 0 Å². The summed E-state index contributed by atoms with van der Waals surface area (Å²) in [6.07, 6.45) is 5.82. The number of esters is 3. The van der Waals surface area contributed by atoms with Gasteiger partial charge in [-0.05, 0) is 32.8 Å². The van der Waals surface area contributed by atoms with E-state index in [0.717, 1.165) is 18.9 Å². The van der Waals surface area contributed by atoms with Gasteiger partial charge in [-0.3, -0.25) is 0 Å². The van der Waals surface area contributed by atoms with E-state index >= 15 is 0 Å². The monoisotopic (exact) mass is 620 g/mol. The number of aliphatic hydroxyl groups excluding tert-OH is 1. The van der Waals surface area contributed by atoms with Gasteiger partial charge in [0, 0.05) is 28.9 Å². The predicted molar refractivity (Wildman–Crippen MR) is 173 cm³/mol. The zero-order valence-electron chi connectivity index (χ0n) is 26.5. The number of rotatable bonds is 11. The highest BCUT2D eigenvalue weighted by atomic mass is 16.5. The van der Waals surface area contributed by atoms with Crippen molar-refractivity contribution in [3.63, 3.8) is 0 Å². The molecule has 246 valence electrons. The number of aliphatic hydroxyl groups is 1. The molecule has 0 radical (unpaired) electrons. The van der Waals surface area contributed by atoms with Crippen molar-refractivity contribution in [2.45, 2.75) is 40.5 Å². The Hall–Kier alpha value is -5.03. The summed E-state index contributed by atoms with van der Waals surface area (Å²) in [5, 5.41) is 23.7. The van der Waals surface area contributed by atoms with E-state index in [-0.39, 0.29) is 30.7 Å². The van der Waals surface area contributed by atoms with Crippen LogP contribution in [0.3, 0.4) is 0 Å². The second-order valence-electron chi connectivity index (χ2n) is 7.88. The van der Waals surface area contributed by atoms with Crippen LogP contribution in [0.1, 0.15) is 46.1 Å². The van der Waals surface area contributed by atoms with Crippen LogP contribution in [0, 0.1) is 0 Å². The Morgan fingerprint density at radius 3 is 1.45 bits per heavy atom. The first kappa shape index (κ1) is 48.7. The molecule has 0 atom stereocenters. The van der Waals surface area contributed by atoms with E-state index < -0.39 is 17.9 Å². The number of methoxy groups -OCH3 is 1. The Kier molecular flexibility index (Phi) is 39.8. The van der Waals surface area contributed by atoms with Gasteiger partial charge in [-0.25, -0.2) is 24.0 Å². The maximum Gasteiger partial charge on any atom is 0.333 e. The summed E-state index contributed by atoms with van der Waals surface area (Å²) >= 11 is 0. The molecule has 0 spiro atoms. The highest BCUT2D eigenvalue weighted by Gasteiger charge is 2.00. The molecule has 0 saturated heterocycles. The zero-order valence-corrected chi connectivity index (χ0v) is 26.5. The normalized spacial score (nSPS) is 8.05. The Balaban J connectivity index is -0.000000140. The summed E-state index contributed by atoms with van der Waals surface area (Å²) in [4.78, 5) is 49.9. The van der Waals surface area contributed by atoms with Crippen molar-refractivity contribution in [3.05, 3.63) is 104 Å². The van der Waals surface area contributed by atoms with Crippen molar-refractivity contribution in [3.8, 4) is 0 Å². The first-order chi connectivity index (χ1) is 20.5. The number of ether oxygens (including phenoxy) is 3. The topological polar surface area (TPSA) is 174 Å². The molecule has 11 heteroatoms. The molecule has 0 bridgehead atoms. The van der Waals surface area contributed by atoms with E-state index in [1.54, 1.807) is 13.8 Å². The van der Waals surface area contributed by atoms with Crippen molar-refractivity contribution >= 4 is 35.9 Å². The van der Waals surface area contributed by atoms with E-state index in [1.807, 2.05) is 43.3 Å². The first-order valence-electron chi connectivity index (χ1n) is 12.9. The number of carbonyl (C=O) groups excluding carboxylic acids is 3. The van der Waals surface area contributed by atoms with Crippen LogP contribution in [0.15, 0.2) is 98.7 Å². The summed E-state index contributed by atoms with van der Waals surface area (Å²) in [6.45, 7) is 26.8. The van der Waals surface area contributed by atoms with Gasteiger partial charge in [-0.15, -0.1) is 0 Å². The summed E-state index contributed by atoms with van der Waals surface area (Å²) in [7, 11) is 1.33. The van der Waals surface area contributed by atoms with Crippen LogP contribution >= 0.6 is 0 Å². The largest absolute Gasteiger partial charge is 0.478 e. The van der Waals surface area contributed by atoms with Crippen LogP contribution in [0.25, 0.3) is 6.08 Å². The fourth-order valence-corrected chi connectivity index (χ4v) is 1.40. The molecular formula is C33H48O11. The molecule has 0 saturated carbocycles. The number of aliphatic carboxylic acids is 2. The number of unbranched alkanes of at least 4 members (excludes halogenated alkanes) is 1. The first-order valence-corrected chi connectivity index (χ1v) is 12.9. The molecule has 11 nitrogen and oxygen atoms in total. The van der Waals surface area contributed by atoms with Crippen LogP contribution in [0.4, 0.5) is 0 Å². The number of hydrogen-bond acceptors (Lipinski definition) is 9. The van der Waals surface area contributed by atoms with Gasteiger partial charge in [0.2, 0.25) is 0 Å². The second-order valence-corrected chi connectivity index (χ2v) is 7.88. The standard InChI is InChI=1S/C8H8.C7H12O2.C6H10O3.C5H8O2.C4H6O2.C3H4O2/c1-2-8-6-4-3-5-7-8;1-3-5-6-9-7(8)4-2;1-5(2)6(8)9-4-3-7;1-4(2)5(6)7-3;1-3(2)4(5)6;1-2-3(4)5/h2-7H,1H2;4H,2-3,5-6H2,1H3;7H,1,3-4H2,2H3;1H2,2-3H3;1H2,2H3,(H,5,6);2H,1H2,(H,4,5). The second kappa shape index (κ2) is 36.0. The summed E-state index contributed by atoms with van der Waals surface area (Å²) in [6, 6.07) is 10.0. The maximum atomic E-state index is 10.5. The van der Waals surface area contributed by atoms with Gasteiger partial charge in [0.25, 0.3) is 0 Å². The minimum atomic E-state index is -0.981. The molecule has 0 aliphatic carbocycles. The van der Waals surface area contributed by atoms with Crippen molar-refractivity contribution in [1.29, 1.82) is 0 Å². The van der Waals surface area contributed by atoms with Crippen LogP contribution in [-0.2, 0) is 38.2 Å².